The normalized spacial score (nSPS) is 17.8. The maximum atomic E-state index is 11.8. The van der Waals surface area contributed by atoms with Crippen LogP contribution in [0.2, 0.25) is 0 Å². The molecule has 1 fully saturated rings. The third-order valence-corrected chi connectivity index (χ3v) is 3.61. The third kappa shape index (κ3) is 4.95. The quantitative estimate of drug-likeness (QED) is 0.807. The molecule has 5 heteroatoms. The summed E-state index contributed by atoms with van der Waals surface area (Å²) in [6.45, 7) is 5.79. The Morgan fingerprint density at radius 1 is 1.43 bits per heavy atom. The lowest BCUT2D eigenvalue weighted by Crippen LogP contribution is -2.43. The van der Waals surface area contributed by atoms with E-state index in [2.05, 4.69) is 15.2 Å². The first-order valence-corrected chi connectivity index (χ1v) is 7.41. The zero-order valence-corrected chi connectivity index (χ0v) is 12.5. The number of rotatable bonds is 6. The standard InChI is InChI=1S/C16H23N3O2/c1-2-3-4-16(20)18-13-15(14-5-7-17-8-6-14)19-9-11-21-12-10-19/h2-3,5-8,15H,4,9-13H2,1H3,(H,18,20)/b3-2+/t15-/m0/s1. The molecule has 2 heterocycles. The van der Waals surface area contributed by atoms with Crippen molar-refractivity contribution in [3.8, 4) is 0 Å². The molecule has 0 unspecified atom stereocenters. The fourth-order valence-corrected chi connectivity index (χ4v) is 2.44. The highest BCUT2D eigenvalue weighted by atomic mass is 16.5. The number of aromatic nitrogens is 1. The zero-order chi connectivity index (χ0) is 14.9. The Labute approximate surface area is 126 Å². The minimum absolute atomic E-state index is 0.0559. The molecule has 5 nitrogen and oxygen atoms in total. The summed E-state index contributed by atoms with van der Waals surface area (Å²) < 4.78 is 5.41. The molecule has 1 saturated heterocycles. The molecular formula is C16H23N3O2. The second kappa shape index (κ2) is 8.54. The lowest BCUT2D eigenvalue weighted by molar-refractivity contribution is -0.120. The molecule has 1 amide bonds. The van der Waals surface area contributed by atoms with Gasteiger partial charge in [0.15, 0.2) is 0 Å². The van der Waals surface area contributed by atoms with Crippen molar-refractivity contribution in [3.63, 3.8) is 0 Å². The smallest absolute Gasteiger partial charge is 0.223 e. The summed E-state index contributed by atoms with van der Waals surface area (Å²) in [7, 11) is 0. The van der Waals surface area contributed by atoms with Gasteiger partial charge in [-0.1, -0.05) is 12.2 Å². The van der Waals surface area contributed by atoms with E-state index in [1.807, 2.05) is 31.2 Å². The van der Waals surface area contributed by atoms with Crippen molar-refractivity contribution < 1.29 is 9.53 Å². The van der Waals surface area contributed by atoms with E-state index in [-0.39, 0.29) is 11.9 Å². The van der Waals surface area contributed by atoms with Gasteiger partial charge in [-0.25, -0.2) is 0 Å². The number of pyridine rings is 1. The second-order valence-electron chi connectivity index (χ2n) is 5.02. The molecule has 114 valence electrons. The molecule has 0 aliphatic carbocycles. The molecule has 0 bridgehead atoms. The van der Waals surface area contributed by atoms with Crippen molar-refractivity contribution in [2.75, 3.05) is 32.8 Å². The predicted octanol–water partition coefficient (Wildman–Crippen LogP) is 1.54. The van der Waals surface area contributed by atoms with Crippen molar-refractivity contribution in [3.05, 3.63) is 42.2 Å². The number of nitrogens with one attached hydrogen (secondary N) is 1. The molecule has 1 N–H and O–H groups in total. The maximum absolute atomic E-state index is 11.8. The van der Waals surface area contributed by atoms with Gasteiger partial charge in [0.25, 0.3) is 0 Å². The van der Waals surface area contributed by atoms with E-state index < -0.39 is 0 Å². The Kier molecular flexibility index (Phi) is 6.37. The molecule has 1 aromatic heterocycles. The van der Waals surface area contributed by atoms with Crippen LogP contribution in [-0.2, 0) is 9.53 Å². The molecule has 0 saturated carbocycles. The zero-order valence-electron chi connectivity index (χ0n) is 12.5. The second-order valence-corrected chi connectivity index (χ2v) is 5.02. The molecule has 0 radical (unpaired) electrons. The molecule has 1 aliphatic rings. The van der Waals surface area contributed by atoms with Gasteiger partial charge in [-0.15, -0.1) is 0 Å². The fraction of sp³-hybridized carbons (Fsp3) is 0.500. The van der Waals surface area contributed by atoms with E-state index in [0.717, 1.165) is 26.3 Å². The van der Waals surface area contributed by atoms with Gasteiger partial charge in [0.1, 0.15) is 0 Å². The highest BCUT2D eigenvalue weighted by Gasteiger charge is 2.22. The summed E-state index contributed by atoms with van der Waals surface area (Å²) in [4.78, 5) is 18.2. The highest BCUT2D eigenvalue weighted by molar-refractivity contribution is 5.77. The van der Waals surface area contributed by atoms with Gasteiger partial charge >= 0.3 is 0 Å². The van der Waals surface area contributed by atoms with E-state index >= 15 is 0 Å². The minimum Gasteiger partial charge on any atom is -0.379 e. The summed E-state index contributed by atoms with van der Waals surface area (Å²) in [6, 6.07) is 4.20. The lowest BCUT2D eigenvalue weighted by Gasteiger charge is -2.34. The number of carbonyl (C=O) groups excluding carboxylic acids is 1. The van der Waals surface area contributed by atoms with Crippen molar-refractivity contribution in [1.29, 1.82) is 0 Å². The molecule has 1 aromatic rings. The average molecular weight is 289 g/mol. The first-order valence-electron chi connectivity index (χ1n) is 7.41. The largest absolute Gasteiger partial charge is 0.379 e. The Balaban J connectivity index is 2.00. The first kappa shape index (κ1) is 15.7. The maximum Gasteiger partial charge on any atom is 0.223 e. The molecule has 1 aliphatic heterocycles. The lowest BCUT2D eigenvalue weighted by atomic mass is 10.1. The number of carbonyl (C=O) groups is 1. The minimum atomic E-state index is 0.0559. The van der Waals surface area contributed by atoms with E-state index in [0.29, 0.717) is 13.0 Å². The molecule has 0 aromatic carbocycles. The summed E-state index contributed by atoms with van der Waals surface area (Å²) >= 11 is 0. The topological polar surface area (TPSA) is 54.5 Å². The van der Waals surface area contributed by atoms with Crippen LogP contribution in [0.5, 0.6) is 0 Å². The molecule has 1 atom stereocenters. The number of hydrogen-bond donors (Lipinski definition) is 1. The monoisotopic (exact) mass is 289 g/mol. The number of amides is 1. The van der Waals surface area contributed by atoms with Crippen molar-refractivity contribution in [1.82, 2.24) is 15.2 Å². The fourth-order valence-electron chi connectivity index (χ4n) is 2.44. The molecular weight excluding hydrogens is 266 g/mol. The SMILES string of the molecule is C/C=C/CC(=O)NC[C@@H](c1ccncc1)N1CCOCC1. The number of nitrogens with zero attached hydrogens (tertiary/aromatic N) is 2. The number of ether oxygens (including phenoxy) is 1. The van der Waals surface area contributed by atoms with Crippen LogP contribution in [0.4, 0.5) is 0 Å². The van der Waals surface area contributed by atoms with Gasteiger partial charge in [-0.3, -0.25) is 14.7 Å². The number of allylic oxidation sites excluding steroid dienone is 1. The van der Waals surface area contributed by atoms with E-state index in [4.69, 9.17) is 4.74 Å². The van der Waals surface area contributed by atoms with Crippen molar-refractivity contribution in [2.45, 2.75) is 19.4 Å². The van der Waals surface area contributed by atoms with Crippen LogP contribution in [0.3, 0.4) is 0 Å². The number of hydrogen-bond acceptors (Lipinski definition) is 4. The Hall–Kier alpha value is -1.72. The van der Waals surface area contributed by atoms with Crippen LogP contribution in [0.15, 0.2) is 36.7 Å². The molecule has 2 rings (SSSR count). The van der Waals surface area contributed by atoms with E-state index in [9.17, 15) is 4.79 Å². The van der Waals surface area contributed by atoms with Crippen LogP contribution in [0.25, 0.3) is 0 Å². The van der Waals surface area contributed by atoms with Crippen LogP contribution >= 0.6 is 0 Å². The van der Waals surface area contributed by atoms with Gasteiger partial charge < -0.3 is 10.1 Å². The Bertz CT molecular complexity index is 456. The van der Waals surface area contributed by atoms with Crippen LogP contribution < -0.4 is 5.32 Å². The summed E-state index contributed by atoms with van der Waals surface area (Å²) in [6.07, 6.45) is 7.78. The van der Waals surface area contributed by atoms with Crippen molar-refractivity contribution >= 4 is 5.91 Å². The van der Waals surface area contributed by atoms with Gasteiger partial charge in [0.05, 0.1) is 19.3 Å². The van der Waals surface area contributed by atoms with Gasteiger partial charge in [-0.2, -0.15) is 0 Å². The number of morpholine rings is 1. The average Bonchev–Trinajstić information content (AvgIpc) is 2.55. The van der Waals surface area contributed by atoms with E-state index in [1.165, 1.54) is 5.56 Å². The Morgan fingerprint density at radius 2 is 2.14 bits per heavy atom. The van der Waals surface area contributed by atoms with Gasteiger partial charge in [-0.05, 0) is 24.6 Å². The predicted molar refractivity (Wildman–Crippen MR) is 81.8 cm³/mol. The Morgan fingerprint density at radius 3 is 2.81 bits per heavy atom. The van der Waals surface area contributed by atoms with Crippen LogP contribution in [0, 0.1) is 0 Å². The van der Waals surface area contributed by atoms with E-state index in [1.54, 1.807) is 12.4 Å². The first-order chi connectivity index (χ1) is 10.3. The third-order valence-electron chi connectivity index (χ3n) is 3.61. The summed E-state index contributed by atoms with van der Waals surface area (Å²) in [5, 5.41) is 3.02. The van der Waals surface area contributed by atoms with Crippen LogP contribution in [0.1, 0.15) is 24.9 Å². The van der Waals surface area contributed by atoms with Gasteiger partial charge in [0, 0.05) is 38.4 Å². The van der Waals surface area contributed by atoms with Gasteiger partial charge in [0.2, 0.25) is 5.91 Å². The summed E-state index contributed by atoms with van der Waals surface area (Å²) in [5.74, 6) is 0.0559. The molecule has 21 heavy (non-hydrogen) atoms. The highest BCUT2D eigenvalue weighted by Crippen LogP contribution is 2.20. The van der Waals surface area contributed by atoms with Crippen LogP contribution in [-0.4, -0.2) is 48.6 Å². The summed E-state index contributed by atoms with van der Waals surface area (Å²) in [5.41, 5.74) is 1.18. The van der Waals surface area contributed by atoms with Crippen molar-refractivity contribution in [2.24, 2.45) is 0 Å². The molecule has 0 spiro atoms.